The highest BCUT2D eigenvalue weighted by Gasteiger charge is 2.10. The normalized spacial score (nSPS) is 17.1. The zero-order valence-electron chi connectivity index (χ0n) is 10.9. The lowest BCUT2D eigenvalue weighted by molar-refractivity contribution is 0.0393. The summed E-state index contributed by atoms with van der Waals surface area (Å²) in [5.74, 6) is 0. The lowest BCUT2D eigenvalue weighted by Crippen LogP contribution is -2.40. The number of aryl methyl sites for hydroxylation is 1. The van der Waals surface area contributed by atoms with E-state index >= 15 is 0 Å². The van der Waals surface area contributed by atoms with Crippen molar-refractivity contribution in [1.82, 2.24) is 4.90 Å². The average Bonchev–Trinajstić information content (AvgIpc) is 2.38. The lowest BCUT2D eigenvalue weighted by atomic mass is 10.2. The molecule has 0 amide bonds. The van der Waals surface area contributed by atoms with Gasteiger partial charge in [0.1, 0.15) is 0 Å². The van der Waals surface area contributed by atoms with Crippen molar-refractivity contribution in [2.45, 2.75) is 6.92 Å². The first kappa shape index (κ1) is 12.4. The van der Waals surface area contributed by atoms with Crippen molar-refractivity contribution < 1.29 is 4.74 Å². The van der Waals surface area contributed by atoms with Crippen molar-refractivity contribution in [1.29, 1.82) is 0 Å². The highest BCUT2D eigenvalue weighted by molar-refractivity contribution is 5.46. The predicted octanol–water partition coefficient (Wildman–Crippen LogP) is 1.76. The second-order valence-corrected chi connectivity index (χ2v) is 4.71. The molecule has 1 heterocycles. The number of hydrogen-bond acceptors (Lipinski definition) is 3. The highest BCUT2D eigenvalue weighted by atomic mass is 16.5. The first-order valence-electron chi connectivity index (χ1n) is 6.33. The molecule has 1 aromatic rings. The molecular formula is C14H22N2O. The van der Waals surface area contributed by atoms with Gasteiger partial charge in [-0.05, 0) is 19.1 Å². The Bertz CT molecular complexity index is 331. The van der Waals surface area contributed by atoms with E-state index in [2.05, 4.69) is 48.0 Å². The van der Waals surface area contributed by atoms with Crippen LogP contribution in [-0.2, 0) is 4.74 Å². The SMILES string of the molecule is Cc1ccc(N(C)CCN2CCOCC2)cc1. The minimum atomic E-state index is 0.883. The minimum absolute atomic E-state index is 0.883. The molecule has 0 radical (unpaired) electrons. The van der Waals surface area contributed by atoms with Crippen LogP contribution in [0.2, 0.25) is 0 Å². The van der Waals surface area contributed by atoms with E-state index in [9.17, 15) is 0 Å². The second kappa shape index (κ2) is 6.03. The summed E-state index contributed by atoms with van der Waals surface area (Å²) < 4.78 is 5.35. The molecule has 1 aromatic carbocycles. The molecule has 0 N–H and O–H groups in total. The van der Waals surface area contributed by atoms with Crippen molar-refractivity contribution in [3.05, 3.63) is 29.8 Å². The summed E-state index contributed by atoms with van der Waals surface area (Å²) >= 11 is 0. The van der Waals surface area contributed by atoms with Crippen LogP contribution in [0.15, 0.2) is 24.3 Å². The molecule has 1 aliphatic rings. The fourth-order valence-electron chi connectivity index (χ4n) is 2.04. The molecule has 17 heavy (non-hydrogen) atoms. The number of anilines is 1. The van der Waals surface area contributed by atoms with Gasteiger partial charge >= 0.3 is 0 Å². The van der Waals surface area contributed by atoms with E-state index in [-0.39, 0.29) is 0 Å². The van der Waals surface area contributed by atoms with Gasteiger partial charge in [-0.15, -0.1) is 0 Å². The Morgan fingerprint density at radius 3 is 2.47 bits per heavy atom. The first-order chi connectivity index (χ1) is 8.25. The van der Waals surface area contributed by atoms with Gasteiger partial charge in [0.05, 0.1) is 13.2 Å². The topological polar surface area (TPSA) is 15.7 Å². The smallest absolute Gasteiger partial charge is 0.0594 e. The van der Waals surface area contributed by atoms with Crippen molar-refractivity contribution >= 4 is 5.69 Å². The molecular weight excluding hydrogens is 212 g/mol. The van der Waals surface area contributed by atoms with Crippen LogP contribution in [-0.4, -0.2) is 51.3 Å². The zero-order valence-corrected chi connectivity index (χ0v) is 10.9. The van der Waals surface area contributed by atoms with Gasteiger partial charge in [0, 0.05) is 38.9 Å². The molecule has 0 saturated carbocycles. The number of rotatable bonds is 4. The number of likely N-dealkylation sites (N-methyl/N-ethyl adjacent to an activating group) is 1. The Hall–Kier alpha value is -1.06. The van der Waals surface area contributed by atoms with Gasteiger partial charge in [-0.3, -0.25) is 4.90 Å². The van der Waals surface area contributed by atoms with Crippen LogP contribution in [0.1, 0.15) is 5.56 Å². The molecule has 1 aliphatic heterocycles. The third-order valence-electron chi connectivity index (χ3n) is 3.33. The summed E-state index contributed by atoms with van der Waals surface area (Å²) in [4.78, 5) is 4.78. The molecule has 2 rings (SSSR count). The Morgan fingerprint density at radius 1 is 1.18 bits per heavy atom. The van der Waals surface area contributed by atoms with Crippen LogP contribution in [0.4, 0.5) is 5.69 Å². The van der Waals surface area contributed by atoms with Gasteiger partial charge in [-0.1, -0.05) is 17.7 Å². The van der Waals surface area contributed by atoms with Gasteiger partial charge in [-0.2, -0.15) is 0 Å². The third kappa shape index (κ3) is 3.72. The number of benzene rings is 1. The molecule has 1 fully saturated rings. The van der Waals surface area contributed by atoms with Gasteiger partial charge in [-0.25, -0.2) is 0 Å². The number of nitrogens with zero attached hydrogens (tertiary/aromatic N) is 2. The summed E-state index contributed by atoms with van der Waals surface area (Å²) in [6, 6.07) is 8.71. The molecule has 1 saturated heterocycles. The van der Waals surface area contributed by atoms with Gasteiger partial charge in [0.25, 0.3) is 0 Å². The van der Waals surface area contributed by atoms with E-state index in [0.717, 1.165) is 39.4 Å². The van der Waals surface area contributed by atoms with Gasteiger partial charge in [0.15, 0.2) is 0 Å². The van der Waals surface area contributed by atoms with Crippen molar-refractivity contribution in [2.75, 3.05) is 51.3 Å². The molecule has 0 aromatic heterocycles. The summed E-state index contributed by atoms with van der Waals surface area (Å²) in [5.41, 5.74) is 2.61. The van der Waals surface area contributed by atoms with E-state index < -0.39 is 0 Å². The molecule has 3 nitrogen and oxygen atoms in total. The maximum atomic E-state index is 5.35. The quantitative estimate of drug-likeness (QED) is 0.789. The number of ether oxygens (including phenoxy) is 1. The largest absolute Gasteiger partial charge is 0.379 e. The minimum Gasteiger partial charge on any atom is -0.379 e. The van der Waals surface area contributed by atoms with Crippen molar-refractivity contribution in [3.8, 4) is 0 Å². The molecule has 0 spiro atoms. The summed E-state index contributed by atoms with van der Waals surface area (Å²) in [7, 11) is 2.16. The first-order valence-corrected chi connectivity index (χ1v) is 6.33. The predicted molar refractivity (Wildman–Crippen MR) is 71.7 cm³/mol. The van der Waals surface area contributed by atoms with Gasteiger partial charge in [0.2, 0.25) is 0 Å². The maximum Gasteiger partial charge on any atom is 0.0594 e. The molecule has 0 atom stereocenters. The second-order valence-electron chi connectivity index (χ2n) is 4.71. The molecule has 3 heteroatoms. The van der Waals surface area contributed by atoms with Crippen LogP contribution in [0.3, 0.4) is 0 Å². The van der Waals surface area contributed by atoms with Crippen molar-refractivity contribution in [2.24, 2.45) is 0 Å². The summed E-state index contributed by atoms with van der Waals surface area (Å²) in [6.45, 7) is 8.22. The van der Waals surface area contributed by atoms with Crippen LogP contribution in [0.5, 0.6) is 0 Å². The Labute approximate surface area is 104 Å². The fraction of sp³-hybridized carbons (Fsp3) is 0.571. The fourth-order valence-corrected chi connectivity index (χ4v) is 2.04. The third-order valence-corrected chi connectivity index (χ3v) is 3.33. The Balaban J connectivity index is 1.80. The van der Waals surface area contributed by atoms with E-state index in [1.165, 1.54) is 11.3 Å². The van der Waals surface area contributed by atoms with E-state index in [4.69, 9.17) is 4.74 Å². The lowest BCUT2D eigenvalue weighted by Gasteiger charge is -2.29. The zero-order chi connectivity index (χ0) is 12.1. The highest BCUT2D eigenvalue weighted by Crippen LogP contribution is 2.13. The average molecular weight is 234 g/mol. The monoisotopic (exact) mass is 234 g/mol. The molecule has 0 unspecified atom stereocenters. The number of morpholine rings is 1. The van der Waals surface area contributed by atoms with Crippen LogP contribution in [0, 0.1) is 6.92 Å². The Kier molecular flexibility index (Phi) is 4.40. The molecule has 0 bridgehead atoms. The van der Waals surface area contributed by atoms with Crippen LogP contribution >= 0.6 is 0 Å². The van der Waals surface area contributed by atoms with Crippen LogP contribution in [0.25, 0.3) is 0 Å². The summed E-state index contributed by atoms with van der Waals surface area (Å²) in [5, 5.41) is 0. The van der Waals surface area contributed by atoms with E-state index in [1.807, 2.05) is 0 Å². The molecule has 0 aliphatic carbocycles. The summed E-state index contributed by atoms with van der Waals surface area (Å²) in [6.07, 6.45) is 0. The van der Waals surface area contributed by atoms with Gasteiger partial charge < -0.3 is 9.64 Å². The van der Waals surface area contributed by atoms with Crippen molar-refractivity contribution in [3.63, 3.8) is 0 Å². The number of hydrogen-bond donors (Lipinski definition) is 0. The molecule has 94 valence electrons. The van der Waals surface area contributed by atoms with E-state index in [0.29, 0.717) is 0 Å². The standard InChI is InChI=1S/C14H22N2O/c1-13-3-5-14(6-4-13)15(2)7-8-16-9-11-17-12-10-16/h3-6H,7-12H2,1-2H3. The Morgan fingerprint density at radius 2 is 1.82 bits per heavy atom. The maximum absolute atomic E-state index is 5.35. The van der Waals surface area contributed by atoms with E-state index in [1.54, 1.807) is 0 Å². The van der Waals surface area contributed by atoms with Crippen LogP contribution < -0.4 is 4.90 Å².